The highest BCUT2D eigenvalue weighted by atomic mass is 35.5. The van der Waals surface area contributed by atoms with E-state index in [-0.39, 0.29) is 18.2 Å². The smallest absolute Gasteiger partial charge is 0.282 e. The summed E-state index contributed by atoms with van der Waals surface area (Å²) in [5.74, 6) is -2.14. The average molecular weight is 206 g/mol. The minimum Gasteiger partial charge on any atom is -0.344 e. The molecule has 0 N–H and O–H groups in total. The van der Waals surface area contributed by atoms with E-state index in [2.05, 4.69) is 9.97 Å². The van der Waals surface area contributed by atoms with E-state index in [1.54, 1.807) is 0 Å². The number of alkyl halides is 2. The van der Waals surface area contributed by atoms with Crippen LogP contribution in [0, 0.1) is 0 Å². The van der Waals surface area contributed by atoms with Crippen LogP contribution >= 0.6 is 11.6 Å². The highest BCUT2D eigenvalue weighted by molar-refractivity contribution is 6.29. The summed E-state index contributed by atoms with van der Waals surface area (Å²) < 4.78 is 24.9. The lowest BCUT2D eigenvalue weighted by molar-refractivity contribution is -0.0267. The standard InChI is InChI=1S/C7H6ClF2N3/c8-5-1-6(12-4-11-5)13-2-7(9,10)3-13/h1,4H,2-3H2. The van der Waals surface area contributed by atoms with Crippen LogP contribution in [0.4, 0.5) is 14.6 Å². The van der Waals surface area contributed by atoms with Crippen LogP contribution in [0.5, 0.6) is 0 Å². The summed E-state index contributed by atoms with van der Waals surface area (Å²) in [6, 6.07) is 1.47. The van der Waals surface area contributed by atoms with Crippen molar-refractivity contribution in [2.45, 2.75) is 5.92 Å². The van der Waals surface area contributed by atoms with Crippen LogP contribution in [-0.4, -0.2) is 29.0 Å². The number of aromatic nitrogens is 2. The van der Waals surface area contributed by atoms with Crippen molar-refractivity contribution in [2.24, 2.45) is 0 Å². The molecule has 0 atom stereocenters. The third kappa shape index (κ3) is 1.70. The molecular weight excluding hydrogens is 200 g/mol. The van der Waals surface area contributed by atoms with Gasteiger partial charge in [-0.15, -0.1) is 0 Å². The second kappa shape index (κ2) is 2.77. The third-order valence-corrected chi connectivity index (χ3v) is 1.99. The summed E-state index contributed by atoms with van der Waals surface area (Å²) in [6.45, 7) is -0.583. The summed E-state index contributed by atoms with van der Waals surface area (Å²) in [5, 5.41) is 0.264. The largest absolute Gasteiger partial charge is 0.344 e. The zero-order valence-corrected chi connectivity index (χ0v) is 7.30. The summed E-state index contributed by atoms with van der Waals surface area (Å²) in [4.78, 5) is 8.93. The minimum atomic E-state index is -2.59. The van der Waals surface area contributed by atoms with Gasteiger partial charge in [0.25, 0.3) is 5.92 Å². The normalized spacial score (nSPS) is 19.8. The predicted molar refractivity (Wildman–Crippen MR) is 44.2 cm³/mol. The maximum Gasteiger partial charge on any atom is 0.282 e. The fourth-order valence-electron chi connectivity index (χ4n) is 1.17. The molecule has 70 valence electrons. The van der Waals surface area contributed by atoms with Crippen LogP contribution < -0.4 is 4.90 Å². The average Bonchev–Trinajstić information content (AvgIpc) is 2.00. The van der Waals surface area contributed by atoms with Crippen molar-refractivity contribution < 1.29 is 8.78 Å². The highest BCUT2D eigenvalue weighted by Crippen LogP contribution is 2.30. The number of rotatable bonds is 1. The Kier molecular flexibility index (Phi) is 1.83. The molecule has 0 amide bonds. The first-order valence-corrected chi connectivity index (χ1v) is 4.05. The van der Waals surface area contributed by atoms with Gasteiger partial charge in [-0.2, -0.15) is 0 Å². The Hall–Kier alpha value is -0.970. The van der Waals surface area contributed by atoms with Gasteiger partial charge < -0.3 is 4.90 Å². The van der Waals surface area contributed by atoms with Crippen LogP contribution in [0.3, 0.4) is 0 Å². The maximum absolute atomic E-state index is 12.5. The summed E-state index contributed by atoms with van der Waals surface area (Å²) >= 11 is 5.58. The molecule has 0 spiro atoms. The van der Waals surface area contributed by atoms with Gasteiger partial charge in [0.1, 0.15) is 17.3 Å². The third-order valence-electron chi connectivity index (χ3n) is 1.79. The first-order valence-electron chi connectivity index (χ1n) is 3.67. The van der Waals surface area contributed by atoms with E-state index in [0.29, 0.717) is 5.82 Å². The second-order valence-corrected chi connectivity index (χ2v) is 3.30. The summed E-state index contributed by atoms with van der Waals surface area (Å²) in [7, 11) is 0. The molecule has 1 saturated heterocycles. The maximum atomic E-state index is 12.5. The molecule has 2 rings (SSSR count). The van der Waals surface area contributed by atoms with Gasteiger partial charge in [0.15, 0.2) is 0 Å². The quantitative estimate of drug-likeness (QED) is 0.652. The van der Waals surface area contributed by atoms with Crippen molar-refractivity contribution in [1.82, 2.24) is 9.97 Å². The fraction of sp³-hybridized carbons (Fsp3) is 0.429. The molecule has 6 heteroatoms. The van der Waals surface area contributed by atoms with E-state index in [1.807, 2.05) is 0 Å². The van der Waals surface area contributed by atoms with Crippen molar-refractivity contribution in [3.63, 3.8) is 0 Å². The lowest BCUT2D eigenvalue weighted by atomic mass is 10.1. The highest BCUT2D eigenvalue weighted by Gasteiger charge is 2.44. The lowest BCUT2D eigenvalue weighted by Crippen LogP contribution is -2.56. The molecule has 0 unspecified atom stereocenters. The molecule has 1 aromatic heterocycles. The SMILES string of the molecule is FC1(F)CN(c2cc(Cl)ncn2)C1. The van der Waals surface area contributed by atoms with Crippen molar-refractivity contribution in [3.05, 3.63) is 17.5 Å². The van der Waals surface area contributed by atoms with Gasteiger partial charge in [-0.3, -0.25) is 0 Å². The van der Waals surface area contributed by atoms with Crippen LogP contribution in [0.1, 0.15) is 0 Å². The summed E-state index contributed by atoms with van der Waals surface area (Å²) in [5.41, 5.74) is 0. The van der Waals surface area contributed by atoms with Gasteiger partial charge >= 0.3 is 0 Å². The van der Waals surface area contributed by atoms with Crippen LogP contribution in [0.2, 0.25) is 5.15 Å². The Morgan fingerprint density at radius 3 is 2.62 bits per heavy atom. The topological polar surface area (TPSA) is 29.0 Å². The van der Waals surface area contributed by atoms with E-state index in [9.17, 15) is 8.78 Å². The summed E-state index contributed by atoms with van der Waals surface area (Å²) in [6.07, 6.45) is 1.26. The Labute approximate surface area is 78.4 Å². The van der Waals surface area contributed by atoms with Crippen LogP contribution in [-0.2, 0) is 0 Å². The monoisotopic (exact) mass is 205 g/mol. The molecule has 13 heavy (non-hydrogen) atoms. The first kappa shape index (κ1) is 8.62. The van der Waals surface area contributed by atoms with Gasteiger partial charge in [0.05, 0.1) is 13.1 Å². The molecule has 1 fully saturated rings. The Morgan fingerprint density at radius 1 is 1.38 bits per heavy atom. The van der Waals surface area contributed by atoms with Crippen LogP contribution in [0.25, 0.3) is 0 Å². The Bertz CT molecular complexity index is 323. The van der Waals surface area contributed by atoms with Gasteiger partial charge in [-0.25, -0.2) is 18.7 Å². The van der Waals surface area contributed by atoms with E-state index < -0.39 is 5.92 Å². The number of nitrogens with zero attached hydrogens (tertiary/aromatic N) is 3. The number of halogens is 3. The molecule has 0 aromatic carbocycles. The number of hydrogen-bond donors (Lipinski definition) is 0. The Morgan fingerprint density at radius 2 is 2.08 bits per heavy atom. The number of anilines is 1. The van der Waals surface area contributed by atoms with Gasteiger partial charge in [0, 0.05) is 6.07 Å². The first-order chi connectivity index (χ1) is 6.07. The molecule has 0 saturated carbocycles. The van der Waals surface area contributed by atoms with Crippen molar-refractivity contribution in [1.29, 1.82) is 0 Å². The Balaban J connectivity index is 2.11. The van der Waals surface area contributed by atoms with Gasteiger partial charge in [-0.05, 0) is 0 Å². The fourth-order valence-corrected chi connectivity index (χ4v) is 1.31. The van der Waals surface area contributed by atoms with Crippen LogP contribution in [0.15, 0.2) is 12.4 Å². The lowest BCUT2D eigenvalue weighted by Gasteiger charge is -2.39. The van der Waals surface area contributed by atoms with E-state index in [0.717, 1.165) is 0 Å². The zero-order valence-electron chi connectivity index (χ0n) is 6.54. The predicted octanol–water partition coefficient (Wildman–Crippen LogP) is 1.59. The zero-order chi connectivity index (χ0) is 9.47. The number of hydrogen-bond acceptors (Lipinski definition) is 3. The van der Waals surface area contributed by atoms with Crippen molar-refractivity contribution in [2.75, 3.05) is 18.0 Å². The molecule has 2 heterocycles. The molecule has 0 bridgehead atoms. The molecule has 0 radical (unpaired) electrons. The molecule has 1 aliphatic rings. The van der Waals surface area contributed by atoms with Gasteiger partial charge in [0.2, 0.25) is 0 Å². The van der Waals surface area contributed by atoms with Crippen molar-refractivity contribution in [3.8, 4) is 0 Å². The van der Waals surface area contributed by atoms with Gasteiger partial charge in [-0.1, -0.05) is 11.6 Å². The van der Waals surface area contributed by atoms with Crippen molar-refractivity contribution >= 4 is 17.4 Å². The van der Waals surface area contributed by atoms with E-state index in [4.69, 9.17) is 11.6 Å². The minimum absolute atomic E-state index is 0.264. The van der Waals surface area contributed by atoms with E-state index >= 15 is 0 Å². The molecule has 3 nitrogen and oxygen atoms in total. The second-order valence-electron chi connectivity index (χ2n) is 2.91. The molecule has 1 aliphatic heterocycles. The molecule has 0 aliphatic carbocycles. The molecule has 1 aromatic rings. The van der Waals surface area contributed by atoms with E-state index in [1.165, 1.54) is 17.3 Å². The molecular formula is C7H6ClF2N3.